The smallest absolute Gasteiger partial charge is 0.262 e. The third kappa shape index (κ3) is 3.83. The van der Waals surface area contributed by atoms with E-state index in [-0.39, 0.29) is 18.4 Å². The van der Waals surface area contributed by atoms with Crippen LogP contribution < -0.4 is 15.0 Å². The summed E-state index contributed by atoms with van der Waals surface area (Å²) in [6.45, 7) is 2.26. The van der Waals surface area contributed by atoms with E-state index in [0.717, 1.165) is 47.1 Å². The van der Waals surface area contributed by atoms with Crippen LogP contribution in [0, 0.1) is 0 Å². The largest absolute Gasteiger partial charge is 0.484 e. The van der Waals surface area contributed by atoms with E-state index in [9.17, 15) is 9.59 Å². The lowest BCUT2D eigenvalue weighted by molar-refractivity contribution is -0.118. The lowest BCUT2D eigenvalue weighted by Gasteiger charge is -2.29. The molecule has 1 N–H and O–H groups in total. The zero-order valence-electron chi connectivity index (χ0n) is 15.8. The van der Waals surface area contributed by atoms with E-state index in [0.29, 0.717) is 5.75 Å². The van der Waals surface area contributed by atoms with Crippen LogP contribution in [0.3, 0.4) is 0 Å². The molecule has 3 aromatic rings. The van der Waals surface area contributed by atoms with Gasteiger partial charge in [0.15, 0.2) is 6.61 Å². The monoisotopic (exact) mass is 374 g/mol. The summed E-state index contributed by atoms with van der Waals surface area (Å²) in [6.07, 6.45) is 1.82. The first-order chi connectivity index (χ1) is 13.6. The summed E-state index contributed by atoms with van der Waals surface area (Å²) in [5.41, 5.74) is 2.73. The second kappa shape index (κ2) is 7.72. The first-order valence-corrected chi connectivity index (χ1v) is 9.43. The molecule has 1 aliphatic rings. The summed E-state index contributed by atoms with van der Waals surface area (Å²) in [5.74, 6) is 0.491. The number of carbonyl (C=O) groups is 2. The van der Waals surface area contributed by atoms with Crippen LogP contribution in [0.5, 0.6) is 5.75 Å². The van der Waals surface area contributed by atoms with Gasteiger partial charge in [0.05, 0.1) is 0 Å². The number of ether oxygens (including phenoxy) is 1. The Kier molecular flexibility index (Phi) is 4.98. The van der Waals surface area contributed by atoms with E-state index in [4.69, 9.17) is 4.74 Å². The zero-order valence-corrected chi connectivity index (χ0v) is 15.8. The van der Waals surface area contributed by atoms with Gasteiger partial charge in [-0.3, -0.25) is 9.59 Å². The number of hydrogen-bond donors (Lipinski definition) is 1. The summed E-state index contributed by atoms with van der Waals surface area (Å²) in [7, 11) is 0. The summed E-state index contributed by atoms with van der Waals surface area (Å²) < 4.78 is 5.64. The number of amides is 2. The maximum absolute atomic E-state index is 12.3. The maximum Gasteiger partial charge on any atom is 0.262 e. The quantitative estimate of drug-likeness (QED) is 0.746. The van der Waals surface area contributed by atoms with E-state index in [1.165, 1.54) is 0 Å². The van der Waals surface area contributed by atoms with Crippen molar-refractivity contribution in [2.24, 2.45) is 0 Å². The van der Waals surface area contributed by atoms with Crippen LogP contribution in [0.4, 0.5) is 11.4 Å². The van der Waals surface area contributed by atoms with Gasteiger partial charge in [-0.2, -0.15) is 0 Å². The summed E-state index contributed by atoms with van der Waals surface area (Å²) in [5, 5.41) is 5.08. The number of hydrogen-bond acceptors (Lipinski definition) is 3. The highest BCUT2D eigenvalue weighted by molar-refractivity contribution is 5.95. The molecule has 142 valence electrons. The molecule has 28 heavy (non-hydrogen) atoms. The Morgan fingerprint density at radius 1 is 1.04 bits per heavy atom. The van der Waals surface area contributed by atoms with Gasteiger partial charge in [-0.1, -0.05) is 30.3 Å². The van der Waals surface area contributed by atoms with Gasteiger partial charge >= 0.3 is 0 Å². The molecular formula is C23H22N2O3. The maximum atomic E-state index is 12.3. The first kappa shape index (κ1) is 18.0. The molecular weight excluding hydrogens is 352 g/mol. The molecule has 0 atom stereocenters. The molecule has 1 aliphatic heterocycles. The SMILES string of the molecule is CC(=O)N1CCCc2cc(NC(=O)COc3ccc4ccccc4c3)ccc21. The average molecular weight is 374 g/mol. The van der Waals surface area contributed by atoms with Crippen LogP contribution >= 0.6 is 0 Å². The molecule has 0 saturated heterocycles. The molecule has 1 heterocycles. The fourth-order valence-electron chi connectivity index (χ4n) is 3.61. The van der Waals surface area contributed by atoms with Gasteiger partial charge in [0, 0.05) is 24.8 Å². The molecule has 0 unspecified atom stereocenters. The molecule has 0 aliphatic carbocycles. The summed E-state index contributed by atoms with van der Waals surface area (Å²) >= 11 is 0. The van der Waals surface area contributed by atoms with Crippen LogP contribution in [0.1, 0.15) is 18.9 Å². The average Bonchev–Trinajstić information content (AvgIpc) is 2.71. The predicted octanol–water partition coefficient (Wildman–Crippen LogP) is 4.16. The Balaban J connectivity index is 1.40. The highest BCUT2D eigenvalue weighted by Crippen LogP contribution is 2.29. The van der Waals surface area contributed by atoms with Crippen LogP contribution in [-0.2, 0) is 16.0 Å². The van der Waals surface area contributed by atoms with Crippen molar-refractivity contribution >= 4 is 34.0 Å². The third-order valence-corrected chi connectivity index (χ3v) is 4.95. The fraction of sp³-hybridized carbons (Fsp3) is 0.217. The normalized spacial score (nSPS) is 13.1. The van der Waals surface area contributed by atoms with E-state index in [1.807, 2.05) is 60.7 Å². The lowest BCUT2D eigenvalue weighted by atomic mass is 10.0. The van der Waals surface area contributed by atoms with Crippen LogP contribution in [-0.4, -0.2) is 25.0 Å². The van der Waals surface area contributed by atoms with E-state index in [2.05, 4.69) is 5.32 Å². The second-order valence-electron chi connectivity index (χ2n) is 6.96. The van der Waals surface area contributed by atoms with Gasteiger partial charge in [-0.05, 0) is 59.5 Å². The molecule has 0 saturated carbocycles. The van der Waals surface area contributed by atoms with Crippen molar-refractivity contribution in [1.82, 2.24) is 0 Å². The summed E-state index contributed by atoms with van der Waals surface area (Å²) in [6, 6.07) is 19.5. The van der Waals surface area contributed by atoms with Crippen LogP contribution in [0.15, 0.2) is 60.7 Å². The Morgan fingerprint density at radius 3 is 2.68 bits per heavy atom. The molecule has 2 amide bonds. The van der Waals surface area contributed by atoms with Gasteiger partial charge < -0.3 is 15.0 Å². The van der Waals surface area contributed by atoms with Crippen LogP contribution in [0.2, 0.25) is 0 Å². The van der Waals surface area contributed by atoms with Gasteiger partial charge in [0.1, 0.15) is 5.75 Å². The van der Waals surface area contributed by atoms with Crippen molar-refractivity contribution in [3.05, 3.63) is 66.2 Å². The molecule has 0 fully saturated rings. The molecule has 5 heteroatoms. The number of nitrogens with zero attached hydrogens (tertiary/aromatic N) is 1. The molecule has 4 rings (SSSR count). The minimum Gasteiger partial charge on any atom is -0.484 e. The van der Waals surface area contributed by atoms with Gasteiger partial charge in [-0.25, -0.2) is 0 Å². The van der Waals surface area contributed by atoms with E-state index in [1.54, 1.807) is 11.8 Å². The minimum atomic E-state index is -0.215. The lowest BCUT2D eigenvalue weighted by Crippen LogP contribution is -2.33. The highest BCUT2D eigenvalue weighted by atomic mass is 16.5. The number of carbonyl (C=O) groups excluding carboxylic acids is 2. The number of aryl methyl sites for hydroxylation is 1. The molecule has 0 spiro atoms. The van der Waals surface area contributed by atoms with Crippen molar-refractivity contribution in [2.45, 2.75) is 19.8 Å². The molecule has 0 aromatic heterocycles. The first-order valence-electron chi connectivity index (χ1n) is 9.43. The number of anilines is 2. The summed E-state index contributed by atoms with van der Waals surface area (Å²) in [4.78, 5) is 25.8. The Morgan fingerprint density at radius 2 is 1.86 bits per heavy atom. The Labute approximate surface area is 163 Å². The van der Waals surface area contributed by atoms with Crippen molar-refractivity contribution in [2.75, 3.05) is 23.4 Å². The highest BCUT2D eigenvalue weighted by Gasteiger charge is 2.20. The fourth-order valence-corrected chi connectivity index (χ4v) is 3.61. The second-order valence-corrected chi connectivity index (χ2v) is 6.96. The third-order valence-electron chi connectivity index (χ3n) is 4.95. The number of rotatable bonds is 4. The number of benzene rings is 3. The van der Waals surface area contributed by atoms with Gasteiger partial charge in [0.25, 0.3) is 5.91 Å². The molecule has 0 bridgehead atoms. The molecule has 3 aromatic carbocycles. The van der Waals surface area contributed by atoms with Crippen molar-refractivity contribution in [3.8, 4) is 5.75 Å². The standard InChI is InChI=1S/C23H22N2O3/c1-16(26)25-12-4-7-19-13-20(9-11-22(19)25)24-23(27)15-28-21-10-8-17-5-2-3-6-18(17)14-21/h2-3,5-6,8-11,13-14H,4,7,12,15H2,1H3,(H,24,27). The van der Waals surface area contributed by atoms with Crippen LogP contribution in [0.25, 0.3) is 10.8 Å². The zero-order chi connectivity index (χ0) is 19.5. The van der Waals surface area contributed by atoms with Crippen molar-refractivity contribution < 1.29 is 14.3 Å². The van der Waals surface area contributed by atoms with E-state index >= 15 is 0 Å². The number of nitrogens with one attached hydrogen (secondary N) is 1. The topological polar surface area (TPSA) is 58.6 Å². The van der Waals surface area contributed by atoms with Crippen molar-refractivity contribution in [1.29, 1.82) is 0 Å². The van der Waals surface area contributed by atoms with Gasteiger partial charge in [-0.15, -0.1) is 0 Å². The number of fused-ring (bicyclic) bond motifs is 2. The minimum absolute atomic E-state index is 0.0431. The predicted molar refractivity (Wildman–Crippen MR) is 111 cm³/mol. The van der Waals surface area contributed by atoms with Crippen molar-refractivity contribution in [3.63, 3.8) is 0 Å². The van der Waals surface area contributed by atoms with E-state index < -0.39 is 0 Å². The van der Waals surface area contributed by atoms with Gasteiger partial charge in [0.2, 0.25) is 5.91 Å². The molecule has 5 nitrogen and oxygen atoms in total. The Bertz CT molecular complexity index is 1040. The molecule has 0 radical (unpaired) electrons. The Hall–Kier alpha value is -3.34.